The fourth-order valence-electron chi connectivity index (χ4n) is 3.64. The molecule has 0 radical (unpaired) electrons. The summed E-state index contributed by atoms with van der Waals surface area (Å²) in [6.45, 7) is 0.426. The number of halogens is 1. The zero-order chi connectivity index (χ0) is 20.0. The van der Waals surface area contributed by atoms with E-state index in [1.165, 1.54) is 0 Å². The average Bonchev–Trinajstić information content (AvgIpc) is 3.27. The minimum absolute atomic E-state index is 0.0921. The molecule has 1 atom stereocenters. The van der Waals surface area contributed by atoms with E-state index in [9.17, 15) is 5.11 Å². The first-order valence-corrected chi connectivity index (χ1v) is 9.49. The third-order valence-corrected chi connectivity index (χ3v) is 5.34. The van der Waals surface area contributed by atoms with Crippen LogP contribution >= 0.6 is 11.6 Å². The van der Waals surface area contributed by atoms with Crippen molar-refractivity contribution in [1.82, 2.24) is 20.2 Å². The van der Waals surface area contributed by atoms with Crippen LogP contribution in [0, 0.1) is 0 Å². The molecule has 2 aromatic heterocycles. The van der Waals surface area contributed by atoms with Crippen LogP contribution < -0.4 is 9.47 Å². The predicted molar refractivity (Wildman–Crippen MR) is 109 cm³/mol. The maximum Gasteiger partial charge on any atom is 0.222 e. The van der Waals surface area contributed by atoms with Crippen molar-refractivity contribution < 1.29 is 14.6 Å². The highest BCUT2D eigenvalue weighted by molar-refractivity contribution is 6.30. The highest BCUT2D eigenvalue weighted by atomic mass is 35.5. The third kappa shape index (κ3) is 3.13. The van der Waals surface area contributed by atoms with Gasteiger partial charge in [-0.3, -0.25) is 5.10 Å². The monoisotopic (exact) mass is 408 g/mol. The summed E-state index contributed by atoms with van der Waals surface area (Å²) in [5.41, 5.74) is 3.28. The molecule has 0 saturated carbocycles. The lowest BCUT2D eigenvalue weighted by molar-refractivity contribution is 0.257. The standard InChI is InChI=1S/C21H17ClN4O3/c1-28-18-7-11(14-8-23-24-9-14)6-16-19(18)25-20(26-21(16)27)13-4-12-5-15(22)2-3-17(12)29-10-13/h2-3,5-9,13H,4,10H2,1H3,(H,23,24)(H,25,26,27). The number of H-pyrrole nitrogens is 1. The number of methoxy groups -OCH3 is 1. The highest BCUT2D eigenvalue weighted by Gasteiger charge is 2.26. The molecule has 0 amide bonds. The van der Waals surface area contributed by atoms with Gasteiger partial charge in [-0.05, 0) is 47.9 Å². The number of hydrogen-bond acceptors (Lipinski definition) is 6. The number of aromatic nitrogens is 4. The molecule has 0 saturated heterocycles. The highest BCUT2D eigenvalue weighted by Crippen LogP contribution is 2.38. The van der Waals surface area contributed by atoms with Gasteiger partial charge in [-0.1, -0.05) is 11.6 Å². The Morgan fingerprint density at radius 3 is 2.90 bits per heavy atom. The number of ether oxygens (including phenoxy) is 2. The maximum absolute atomic E-state index is 10.7. The van der Waals surface area contributed by atoms with Crippen LogP contribution in [0.15, 0.2) is 42.7 Å². The van der Waals surface area contributed by atoms with E-state index in [-0.39, 0.29) is 11.8 Å². The van der Waals surface area contributed by atoms with Crippen molar-refractivity contribution in [3.05, 3.63) is 59.1 Å². The SMILES string of the molecule is COc1cc(-c2cn[nH]c2)cc2c(O)nc(C3COc4ccc(Cl)cc4C3)nc12. The lowest BCUT2D eigenvalue weighted by Gasteiger charge is -2.25. The number of aromatic hydroxyl groups is 1. The van der Waals surface area contributed by atoms with Crippen LogP contribution in [0.4, 0.5) is 0 Å². The molecule has 0 spiro atoms. The number of hydrogen-bond donors (Lipinski definition) is 2. The zero-order valence-electron chi connectivity index (χ0n) is 15.5. The van der Waals surface area contributed by atoms with Crippen molar-refractivity contribution in [3.8, 4) is 28.5 Å². The van der Waals surface area contributed by atoms with Gasteiger partial charge in [0.2, 0.25) is 5.88 Å². The van der Waals surface area contributed by atoms with Crippen molar-refractivity contribution in [2.24, 2.45) is 0 Å². The summed E-state index contributed by atoms with van der Waals surface area (Å²) >= 11 is 6.12. The number of aromatic amines is 1. The summed E-state index contributed by atoms with van der Waals surface area (Å²) in [7, 11) is 1.58. The normalized spacial score (nSPS) is 15.7. The largest absolute Gasteiger partial charge is 0.494 e. The topological polar surface area (TPSA) is 93.2 Å². The quantitative estimate of drug-likeness (QED) is 0.530. The molecule has 2 aromatic carbocycles. The second-order valence-electron chi connectivity index (χ2n) is 6.93. The van der Waals surface area contributed by atoms with Gasteiger partial charge in [0.05, 0.1) is 31.2 Å². The molecule has 146 valence electrons. The van der Waals surface area contributed by atoms with E-state index in [1.54, 1.807) is 19.5 Å². The Labute approximate surface area is 171 Å². The van der Waals surface area contributed by atoms with Crippen LogP contribution in [0.1, 0.15) is 17.3 Å². The van der Waals surface area contributed by atoms with E-state index in [0.29, 0.717) is 40.5 Å². The Morgan fingerprint density at radius 1 is 1.21 bits per heavy atom. The molecule has 0 fully saturated rings. The molecule has 5 rings (SSSR count). The van der Waals surface area contributed by atoms with Gasteiger partial charge >= 0.3 is 0 Å². The van der Waals surface area contributed by atoms with E-state index in [0.717, 1.165) is 22.4 Å². The molecule has 7 nitrogen and oxygen atoms in total. The molecule has 0 bridgehead atoms. The first kappa shape index (κ1) is 17.8. The summed E-state index contributed by atoms with van der Waals surface area (Å²) in [6.07, 6.45) is 4.15. The number of nitrogens with zero attached hydrogens (tertiary/aromatic N) is 3. The van der Waals surface area contributed by atoms with Crippen LogP contribution in [0.2, 0.25) is 5.02 Å². The van der Waals surface area contributed by atoms with Crippen LogP contribution in [0.3, 0.4) is 0 Å². The Kier molecular flexibility index (Phi) is 4.24. The molecule has 1 unspecified atom stereocenters. The van der Waals surface area contributed by atoms with E-state index >= 15 is 0 Å². The number of fused-ring (bicyclic) bond motifs is 2. The van der Waals surface area contributed by atoms with Gasteiger partial charge < -0.3 is 14.6 Å². The summed E-state index contributed by atoms with van der Waals surface area (Å²) in [4.78, 5) is 9.09. The van der Waals surface area contributed by atoms with E-state index in [2.05, 4.69) is 15.2 Å². The molecule has 0 aliphatic carbocycles. The number of nitrogens with one attached hydrogen (secondary N) is 1. The van der Waals surface area contributed by atoms with Gasteiger partial charge in [-0.25, -0.2) is 4.98 Å². The number of benzene rings is 2. The molecule has 1 aliphatic rings. The van der Waals surface area contributed by atoms with E-state index in [4.69, 9.17) is 26.1 Å². The molecule has 3 heterocycles. The Morgan fingerprint density at radius 2 is 2.10 bits per heavy atom. The molecule has 1 aliphatic heterocycles. The zero-order valence-corrected chi connectivity index (χ0v) is 16.3. The Hall–Kier alpha value is -3.32. The van der Waals surface area contributed by atoms with Gasteiger partial charge in [0, 0.05) is 16.8 Å². The fraction of sp³-hybridized carbons (Fsp3) is 0.190. The number of rotatable bonds is 3. The van der Waals surface area contributed by atoms with Gasteiger partial charge in [0.1, 0.15) is 22.8 Å². The summed E-state index contributed by atoms with van der Waals surface area (Å²) in [5, 5.41) is 18.6. The van der Waals surface area contributed by atoms with Gasteiger partial charge in [-0.2, -0.15) is 10.1 Å². The lowest BCUT2D eigenvalue weighted by Crippen LogP contribution is -2.21. The van der Waals surface area contributed by atoms with Crippen LogP contribution in [-0.4, -0.2) is 39.0 Å². The Bertz CT molecular complexity index is 1210. The van der Waals surface area contributed by atoms with Gasteiger partial charge in [0.25, 0.3) is 0 Å². The third-order valence-electron chi connectivity index (χ3n) is 5.11. The van der Waals surface area contributed by atoms with Crippen LogP contribution in [0.25, 0.3) is 22.0 Å². The second-order valence-corrected chi connectivity index (χ2v) is 7.37. The second kappa shape index (κ2) is 6.93. The minimum Gasteiger partial charge on any atom is -0.494 e. The Balaban J connectivity index is 1.59. The van der Waals surface area contributed by atoms with Crippen molar-refractivity contribution in [2.45, 2.75) is 12.3 Å². The van der Waals surface area contributed by atoms with Crippen molar-refractivity contribution in [2.75, 3.05) is 13.7 Å². The van der Waals surface area contributed by atoms with E-state index < -0.39 is 0 Å². The first-order chi connectivity index (χ1) is 14.1. The smallest absolute Gasteiger partial charge is 0.222 e. The molecular weight excluding hydrogens is 392 g/mol. The van der Waals surface area contributed by atoms with Crippen molar-refractivity contribution in [3.63, 3.8) is 0 Å². The fourth-order valence-corrected chi connectivity index (χ4v) is 3.84. The van der Waals surface area contributed by atoms with Crippen LogP contribution in [-0.2, 0) is 6.42 Å². The summed E-state index contributed by atoms with van der Waals surface area (Å²) < 4.78 is 11.4. The summed E-state index contributed by atoms with van der Waals surface area (Å²) in [6, 6.07) is 9.26. The predicted octanol–water partition coefficient (Wildman–Crippen LogP) is 4.11. The van der Waals surface area contributed by atoms with Crippen LogP contribution in [0.5, 0.6) is 17.4 Å². The first-order valence-electron chi connectivity index (χ1n) is 9.11. The summed E-state index contributed by atoms with van der Waals surface area (Å²) in [5.74, 6) is 1.69. The molecule has 29 heavy (non-hydrogen) atoms. The molecule has 2 N–H and O–H groups in total. The van der Waals surface area contributed by atoms with Gasteiger partial charge in [-0.15, -0.1) is 0 Å². The van der Waals surface area contributed by atoms with Crippen molar-refractivity contribution in [1.29, 1.82) is 0 Å². The van der Waals surface area contributed by atoms with Gasteiger partial charge in [0.15, 0.2) is 0 Å². The molecular formula is C21H17ClN4O3. The van der Waals surface area contributed by atoms with E-state index in [1.807, 2.05) is 30.3 Å². The lowest BCUT2D eigenvalue weighted by atomic mass is 9.95. The molecule has 4 aromatic rings. The minimum atomic E-state index is -0.102. The van der Waals surface area contributed by atoms with Crippen molar-refractivity contribution >= 4 is 22.5 Å². The average molecular weight is 409 g/mol. The molecule has 8 heteroatoms. The maximum atomic E-state index is 10.7.